The summed E-state index contributed by atoms with van der Waals surface area (Å²) in [7, 11) is 0. The van der Waals surface area contributed by atoms with E-state index in [9.17, 15) is 73.5 Å². The summed E-state index contributed by atoms with van der Waals surface area (Å²) in [5.41, 5.74) is 1.69. The second-order valence-corrected chi connectivity index (χ2v) is 18.6. The molecule has 0 bridgehead atoms. The zero-order valence-corrected chi connectivity index (χ0v) is 42.8. The van der Waals surface area contributed by atoms with Gasteiger partial charge in [-0.15, -0.1) is 0 Å². The smallest absolute Gasteiger partial charge is 0.326 e. The molecule has 1 aliphatic heterocycles. The Morgan fingerprint density at radius 1 is 0.545 bits per heavy atom. The van der Waals surface area contributed by atoms with E-state index in [0.717, 1.165) is 16.3 Å². The molecule has 2 heterocycles. The maximum Gasteiger partial charge on any atom is 0.326 e. The van der Waals surface area contributed by atoms with Crippen molar-refractivity contribution in [3.63, 3.8) is 0 Å². The summed E-state index contributed by atoms with van der Waals surface area (Å²) in [6.45, 7) is 2.03. The molecule has 420 valence electrons. The van der Waals surface area contributed by atoms with Gasteiger partial charge in [0.2, 0.25) is 11.8 Å². The Hall–Kier alpha value is -7.81. The van der Waals surface area contributed by atoms with E-state index < -0.39 is 66.8 Å². The summed E-state index contributed by atoms with van der Waals surface area (Å²) >= 11 is 0. The number of aliphatic carboxylic acids is 6. The fourth-order valence-corrected chi connectivity index (χ4v) is 8.45. The van der Waals surface area contributed by atoms with Crippen molar-refractivity contribution in [2.24, 2.45) is 0 Å². The fourth-order valence-electron chi connectivity index (χ4n) is 8.45. The van der Waals surface area contributed by atoms with Gasteiger partial charge in [0.25, 0.3) is 5.91 Å². The van der Waals surface area contributed by atoms with E-state index in [0.29, 0.717) is 43.6 Å². The zero-order valence-electron chi connectivity index (χ0n) is 42.8. The summed E-state index contributed by atoms with van der Waals surface area (Å²) in [6, 6.07) is 12.0. The summed E-state index contributed by atoms with van der Waals surface area (Å²) in [4.78, 5) is 135. The van der Waals surface area contributed by atoms with E-state index in [1.807, 2.05) is 35.2 Å². The van der Waals surface area contributed by atoms with E-state index in [2.05, 4.69) is 26.3 Å². The number of unbranched alkanes of at least 4 members (excludes halogenated alkanes) is 2. The number of hydrogen-bond acceptors (Lipinski definition) is 15. The summed E-state index contributed by atoms with van der Waals surface area (Å²) in [5.74, 6) is -8.14. The lowest BCUT2D eigenvalue weighted by atomic mass is 10.1. The number of carbonyl (C=O) groups excluding carboxylic acids is 4. The van der Waals surface area contributed by atoms with Gasteiger partial charge in [-0.2, -0.15) is 0 Å². The first-order valence-electron chi connectivity index (χ1n) is 25.3. The number of amides is 5. The van der Waals surface area contributed by atoms with E-state index in [-0.39, 0.29) is 129 Å². The summed E-state index contributed by atoms with van der Waals surface area (Å²) in [6.07, 6.45) is 2.30. The number of hydrogen-bond donors (Lipinski definition) is 10. The Morgan fingerprint density at radius 2 is 1.08 bits per heavy atom. The minimum Gasteiger partial charge on any atom is -0.481 e. The Bertz CT molecular complexity index is 2460. The minimum atomic E-state index is -1.55. The fraction of sp³-hybridized carbons (Fsp3) is 0.510. The van der Waals surface area contributed by atoms with Gasteiger partial charge in [0, 0.05) is 102 Å². The molecule has 0 saturated carbocycles. The van der Waals surface area contributed by atoms with Crippen molar-refractivity contribution in [2.75, 3.05) is 91.6 Å². The quantitative estimate of drug-likeness (QED) is 0.0406. The third kappa shape index (κ3) is 23.7. The SMILES string of the molecule is O=C(O)CC[C@H](NC(=O)N[C@@H](CCCCN(Cc1nccc2ccccc12)C(=O)c1ccc(CNC(=O)CCCCNC(=O)CN2CCN(CC(=O)O)CCN(CC(=O)O)CCN(CC(=O)O)CC2)cc1)C(=O)O)C(=O)O. The van der Waals surface area contributed by atoms with Gasteiger partial charge in [0.05, 0.1) is 38.4 Å². The highest BCUT2D eigenvalue weighted by molar-refractivity contribution is 5.95. The van der Waals surface area contributed by atoms with Crippen molar-refractivity contribution in [3.8, 4) is 0 Å². The Balaban J connectivity index is 1.27. The molecular weight excluding hydrogens is 1010 g/mol. The number of fused-ring (bicyclic) bond motifs is 1. The number of aromatic nitrogens is 1. The van der Waals surface area contributed by atoms with Gasteiger partial charge in [0.15, 0.2) is 0 Å². The average molecular weight is 1080 g/mol. The lowest BCUT2D eigenvalue weighted by Crippen LogP contribution is -2.51. The molecule has 0 spiro atoms. The number of rotatable bonds is 30. The number of nitrogens with zero attached hydrogens (tertiary/aromatic N) is 6. The molecule has 1 fully saturated rings. The molecule has 77 heavy (non-hydrogen) atoms. The molecule has 0 unspecified atom stereocenters. The zero-order chi connectivity index (χ0) is 56.3. The molecular formula is C51H70N10O16. The van der Waals surface area contributed by atoms with Crippen LogP contribution in [0.15, 0.2) is 60.8 Å². The van der Waals surface area contributed by atoms with Gasteiger partial charge in [-0.3, -0.25) is 58.1 Å². The van der Waals surface area contributed by atoms with E-state index >= 15 is 0 Å². The lowest BCUT2D eigenvalue weighted by molar-refractivity contribution is -0.141. The summed E-state index contributed by atoms with van der Waals surface area (Å²) < 4.78 is 0. The molecule has 26 heteroatoms. The topological polar surface area (TPSA) is 369 Å². The van der Waals surface area contributed by atoms with Crippen molar-refractivity contribution in [1.29, 1.82) is 0 Å². The second kappa shape index (κ2) is 32.6. The van der Waals surface area contributed by atoms with Gasteiger partial charge in [-0.1, -0.05) is 36.4 Å². The van der Waals surface area contributed by atoms with Crippen LogP contribution in [0.3, 0.4) is 0 Å². The normalized spacial score (nSPS) is 14.9. The first-order valence-corrected chi connectivity index (χ1v) is 25.3. The first kappa shape index (κ1) is 61.7. The Morgan fingerprint density at radius 3 is 1.61 bits per heavy atom. The molecule has 0 radical (unpaired) electrons. The van der Waals surface area contributed by atoms with Crippen LogP contribution in [0.5, 0.6) is 0 Å². The van der Waals surface area contributed by atoms with Gasteiger partial charge in [0.1, 0.15) is 12.1 Å². The number of nitrogens with one attached hydrogen (secondary N) is 4. The van der Waals surface area contributed by atoms with Crippen molar-refractivity contribution in [2.45, 2.75) is 76.5 Å². The van der Waals surface area contributed by atoms with Crippen LogP contribution in [-0.4, -0.2) is 223 Å². The third-order valence-electron chi connectivity index (χ3n) is 12.6. The van der Waals surface area contributed by atoms with E-state index in [4.69, 9.17) is 5.11 Å². The highest BCUT2D eigenvalue weighted by atomic mass is 16.4. The van der Waals surface area contributed by atoms with E-state index in [1.165, 1.54) is 0 Å². The van der Waals surface area contributed by atoms with E-state index in [1.54, 1.807) is 50.1 Å². The number of urea groups is 1. The number of benzene rings is 2. The average Bonchev–Trinajstić information content (AvgIpc) is 3.37. The van der Waals surface area contributed by atoms with Crippen molar-refractivity contribution >= 4 is 70.3 Å². The van der Waals surface area contributed by atoms with Crippen LogP contribution in [0.1, 0.15) is 73.0 Å². The maximum absolute atomic E-state index is 14.1. The van der Waals surface area contributed by atoms with Crippen LogP contribution >= 0.6 is 0 Å². The number of carboxylic acid groups (broad SMARTS) is 6. The molecule has 0 aliphatic carbocycles. The van der Waals surface area contributed by atoms with Gasteiger partial charge in [-0.05, 0) is 67.7 Å². The second-order valence-electron chi connectivity index (χ2n) is 18.6. The Labute approximate surface area is 444 Å². The number of pyridine rings is 1. The number of carbonyl (C=O) groups is 10. The standard InChI is InChI=1S/C51H70N10O16/c62-42(10-3-5-18-53-43(63)31-57-21-23-58(32-45(66)67)25-27-60(34-47(70)71)28-26-59(24-22-57)33-46(68)69)54-29-35-11-13-37(14-12-35)48(72)61(30-41-38-8-2-1-7-36(38)17-19-52-41)20-6-4-9-39(49(73)74)55-51(77)56-40(50(75)76)15-16-44(64)65/h1-2,7-8,11-14,17,19,39-40H,3-6,9-10,15-16,18,20-34H2,(H,53,63)(H,54,62)(H,64,65)(H,66,67)(H,68,69)(H,70,71)(H,73,74)(H,75,76)(H2,55,56,77)/t39-,40-/m0/s1. The molecule has 1 saturated heterocycles. The molecule has 4 rings (SSSR count). The molecule has 26 nitrogen and oxygen atoms in total. The van der Waals surface area contributed by atoms with Crippen LogP contribution < -0.4 is 21.3 Å². The van der Waals surface area contributed by atoms with Crippen molar-refractivity contribution in [1.82, 2.24) is 50.8 Å². The van der Waals surface area contributed by atoms with Gasteiger partial charge in [-0.25, -0.2) is 14.4 Å². The van der Waals surface area contributed by atoms with Gasteiger partial charge < -0.3 is 56.8 Å². The molecule has 3 aromatic rings. The largest absolute Gasteiger partial charge is 0.481 e. The molecule has 10 N–H and O–H groups in total. The minimum absolute atomic E-state index is 0.0333. The van der Waals surface area contributed by atoms with Crippen LogP contribution in [0.25, 0.3) is 10.8 Å². The molecule has 2 atom stereocenters. The van der Waals surface area contributed by atoms with Crippen molar-refractivity contribution in [3.05, 3.63) is 77.6 Å². The molecule has 2 aromatic carbocycles. The van der Waals surface area contributed by atoms with Crippen LogP contribution in [0.4, 0.5) is 4.79 Å². The maximum atomic E-state index is 14.1. The lowest BCUT2D eigenvalue weighted by Gasteiger charge is -2.32. The van der Waals surface area contributed by atoms with Crippen LogP contribution in [0, 0.1) is 0 Å². The first-order chi connectivity index (χ1) is 36.8. The molecule has 5 amide bonds. The monoisotopic (exact) mass is 1080 g/mol. The van der Waals surface area contributed by atoms with Gasteiger partial charge >= 0.3 is 41.8 Å². The molecule has 1 aliphatic rings. The van der Waals surface area contributed by atoms with Crippen LogP contribution in [-0.2, 0) is 51.4 Å². The molecule has 1 aromatic heterocycles. The summed E-state index contributed by atoms with van der Waals surface area (Å²) in [5, 5.41) is 68.2. The highest BCUT2D eigenvalue weighted by Gasteiger charge is 2.26. The highest BCUT2D eigenvalue weighted by Crippen LogP contribution is 2.20. The van der Waals surface area contributed by atoms with Crippen molar-refractivity contribution < 1.29 is 78.6 Å². The Kier molecular flexibility index (Phi) is 26.1. The third-order valence-corrected chi connectivity index (χ3v) is 12.6. The number of carboxylic acids is 6. The predicted octanol–water partition coefficient (Wildman–Crippen LogP) is 0.496. The van der Waals surface area contributed by atoms with Crippen LogP contribution in [0.2, 0.25) is 0 Å². The predicted molar refractivity (Wildman–Crippen MR) is 276 cm³/mol.